The molecule has 0 aliphatic carbocycles. The Morgan fingerprint density at radius 1 is 1.27 bits per heavy atom. The van der Waals surface area contributed by atoms with E-state index < -0.39 is 17.6 Å². The first-order valence-corrected chi connectivity index (χ1v) is 6.74. The van der Waals surface area contributed by atoms with Crippen molar-refractivity contribution in [2.45, 2.75) is 26.6 Å². The number of carbonyl (C=O) groups is 1. The van der Waals surface area contributed by atoms with Crippen molar-refractivity contribution >= 4 is 5.91 Å². The Morgan fingerprint density at radius 3 is 2.55 bits per heavy atom. The third-order valence-corrected chi connectivity index (χ3v) is 3.19. The van der Waals surface area contributed by atoms with Gasteiger partial charge in [-0.1, -0.05) is 12.1 Å². The zero-order valence-electron chi connectivity index (χ0n) is 12.2. The second-order valence-corrected chi connectivity index (χ2v) is 4.95. The zero-order chi connectivity index (χ0) is 16.3. The van der Waals surface area contributed by atoms with Crippen LogP contribution in [0, 0.1) is 13.8 Å². The lowest BCUT2D eigenvalue weighted by molar-refractivity contribution is -0.137. The molecule has 4 nitrogen and oxygen atoms in total. The fourth-order valence-electron chi connectivity index (χ4n) is 2.20. The molecule has 0 aliphatic rings. The van der Waals surface area contributed by atoms with Gasteiger partial charge in [-0.15, -0.1) is 0 Å². The Hall–Kier alpha value is -2.31. The summed E-state index contributed by atoms with van der Waals surface area (Å²) in [6, 6.07) is 6.62. The Labute approximate surface area is 125 Å². The maximum absolute atomic E-state index is 12.9. The van der Waals surface area contributed by atoms with Crippen LogP contribution in [0.3, 0.4) is 0 Å². The largest absolute Gasteiger partial charge is 0.417 e. The molecule has 7 heteroatoms. The van der Waals surface area contributed by atoms with Crippen molar-refractivity contribution < 1.29 is 18.0 Å². The first kappa shape index (κ1) is 16.1. The van der Waals surface area contributed by atoms with Crippen molar-refractivity contribution in [1.29, 1.82) is 0 Å². The number of halogens is 3. The van der Waals surface area contributed by atoms with Crippen LogP contribution in [0.25, 0.3) is 0 Å². The topological polar surface area (TPSA) is 46.9 Å². The summed E-state index contributed by atoms with van der Waals surface area (Å²) >= 11 is 0. The average Bonchev–Trinajstić information content (AvgIpc) is 2.76. The quantitative estimate of drug-likeness (QED) is 0.943. The van der Waals surface area contributed by atoms with Gasteiger partial charge in [0.05, 0.1) is 23.4 Å². The Kier molecular flexibility index (Phi) is 4.54. The van der Waals surface area contributed by atoms with Gasteiger partial charge in [0.2, 0.25) is 0 Å². The summed E-state index contributed by atoms with van der Waals surface area (Å²) in [7, 11) is 0. The Morgan fingerprint density at radius 2 is 1.95 bits per heavy atom. The van der Waals surface area contributed by atoms with E-state index in [0.717, 1.165) is 17.5 Å². The highest BCUT2D eigenvalue weighted by atomic mass is 19.4. The number of aryl methyl sites for hydroxylation is 2. The molecule has 0 aliphatic heterocycles. The standard InChI is InChI=1S/C15H16F3N3O/c1-10-9-11(2)21(20-10)8-7-19-14(22)12-5-3-4-6-13(12)15(16,17)18/h3-6,9H,7-8H2,1-2H3,(H,19,22). The highest BCUT2D eigenvalue weighted by molar-refractivity contribution is 5.95. The van der Waals surface area contributed by atoms with Gasteiger partial charge in [-0.25, -0.2) is 0 Å². The monoisotopic (exact) mass is 311 g/mol. The maximum Gasteiger partial charge on any atom is 0.417 e. The molecule has 22 heavy (non-hydrogen) atoms. The molecule has 0 saturated carbocycles. The van der Waals surface area contributed by atoms with Gasteiger partial charge < -0.3 is 5.32 Å². The number of carbonyl (C=O) groups excluding carboxylic acids is 1. The lowest BCUT2D eigenvalue weighted by Gasteiger charge is -2.12. The third-order valence-electron chi connectivity index (χ3n) is 3.19. The molecule has 1 aromatic carbocycles. The van der Waals surface area contributed by atoms with E-state index in [4.69, 9.17) is 0 Å². The van der Waals surface area contributed by atoms with Crippen LogP contribution in [0.1, 0.15) is 27.3 Å². The predicted molar refractivity (Wildman–Crippen MR) is 75.5 cm³/mol. The minimum Gasteiger partial charge on any atom is -0.350 e. The lowest BCUT2D eigenvalue weighted by atomic mass is 10.1. The molecule has 0 atom stereocenters. The van der Waals surface area contributed by atoms with Crippen LogP contribution in [0.2, 0.25) is 0 Å². The smallest absolute Gasteiger partial charge is 0.350 e. The Balaban J connectivity index is 2.03. The van der Waals surface area contributed by atoms with Crippen molar-refractivity contribution in [2.24, 2.45) is 0 Å². The molecule has 0 radical (unpaired) electrons. The minimum atomic E-state index is -4.55. The Bertz CT molecular complexity index is 677. The van der Waals surface area contributed by atoms with Gasteiger partial charge in [0.25, 0.3) is 5.91 Å². The molecule has 118 valence electrons. The van der Waals surface area contributed by atoms with Gasteiger partial charge in [-0.05, 0) is 32.0 Å². The summed E-state index contributed by atoms with van der Waals surface area (Å²) in [6.45, 7) is 4.33. The van der Waals surface area contributed by atoms with Crippen LogP contribution in [0.4, 0.5) is 13.2 Å². The van der Waals surface area contributed by atoms with Crippen LogP contribution in [-0.4, -0.2) is 22.2 Å². The molecule has 0 unspecified atom stereocenters. The number of benzene rings is 1. The van der Waals surface area contributed by atoms with Gasteiger partial charge in [0, 0.05) is 12.2 Å². The third kappa shape index (κ3) is 3.66. The number of nitrogens with zero attached hydrogens (tertiary/aromatic N) is 2. The zero-order valence-corrected chi connectivity index (χ0v) is 12.2. The van der Waals surface area contributed by atoms with E-state index in [1.165, 1.54) is 18.2 Å². The van der Waals surface area contributed by atoms with E-state index in [1.807, 2.05) is 19.9 Å². The number of hydrogen-bond acceptors (Lipinski definition) is 2. The van der Waals surface area contributed by atoms with Crippen molar-refractivity contribution in [3.05, 3.63) is 52.8 Å². The first-order chi connectivity index (χ1) is 10.3. The van der Waals surface area contributed by atoms with Gasteiger partial charge in [-0.2, -0.15) is 18.3 Å². The van der Waals surface area contributed by atoms with Crippen molar-refractivity contribution in [3.63, 3.8) is 0 Å². The SMILES string of the molecule is Cc1cc(C)n(CCNC(=O)c2ccccc2C(F)(F)F)n1. The van der Waals surface area contributed by atoms with Crippen LogP contribution in [0.5, 0.6) is 0 Å². The second-order valence-electron chi connectivity index (χ2n) is 4.95. The molecule has 1 aromatic heterocycles. The summed E-state index contributed by atoms with van der Waals surface area (Å²) in [4.78, 5) is 12.0. The summed E-state index contributed by atoms with van der Waals surface area (Å²) in [6.07, 6.45) is -4.55. The van der Waals surface area contributed by atoms with E-state index in [-0.39, 0.29) is 12.1 Å². The molecule has 1 amide bonds. The van der Waals surface area contributed by atoms with Gasteiger partial charge in [0.15, 0.2) is 0 Å². The van der Waals surface area contributed by atoms with E-state index in [2.05, 4.69) is 10.4 Å². The summed E-state index contributed by atoms with van der Waals surface area (Å²) in [5.41, 5.74) is 0.482. The summed E-state index contributed by atoms with van der Waals surface area (Å²) < 4.78 is 40.3. The number of aromatic nitrogens is 2. The van der Waals surface area contributed by atoms with E-state index in [0.29, 0.717) is 6.54 Å². The summed E-state index contributed by atoms with van der Waals surface area (Å²) in [5.74, 6) is -0.741. The molecule has 0 fully saturated rings. The van der Waals surface area contributed by atoms with E-state index >= 15 is 0 Å². The highest BCUT2D eigenvalue weighted by Gasteiger charge is 2.34. The van der Waals surface area contributed by atoms with E-state index in [1.54, 1.807) is 4.68 Å². The average molecular weight is 311 g/mol. The molecular formula is C15H16F3N3O. The van der Waals surface area contributed by atoms with Gasteiger partial charge >= 0.3 is 6.18 Å². The van der Waals surface area contributed by atoms with Crippen LogP contribution >= 0.6 is 0 Å². The number of alkyl halides is 3. The molecule has 1 heterocycles. The first-order valence-electron chi connectivity index (χ1n) is 6.74. The van der Waals surface area contributed by atoms with Gasteiger partial charge in [-0.3, -0.25) is 9.48 Å². The van der Waals surface area contributed by atoms with Crippen molar-refractivity contribution in [2.75, 3.05) is 6.54 Å². The van der Waals surface area contributed by atoms with Crippen LogP contribution < -0.4 is 5.32 Å². The number of hydrogen-bond donors (Lipinski definition) is 1. The van der Waals surface area contributed by atoms with Gasteiger partial charge in [0.1, 0.15) is 0 Å². The normalized spacial score (nSPS) is 11.5. The lowest BCUT2D eigenvalue weighted by Crippen LogP contribution is -2.29. The molecule has 0 bridgehead atoms. The van der Waals surface area contributed by atoms with Crippen LogP contribution in [0.15, 0.2) is 30.3 Å². The molecule has 0 saturated heterocycles. The second kappa shape index (κ2) is 6.21. The molecule has 2 aromatic rings. The molecule has 1 N–H and O–H groups in total. The van der Waals surface area contributed by atoms with Crippen LogP contribution in [-0.2, 0) is 12.7 Å². The molecule has 0 spiro atoms. The maximum atomic E-state index is 12.9. The fraction of sp³-hybridized carbons (Fsp3) is 0.333. The molecule has 2 rings (SSSR count). The van der Waals surface area contributed by atoms with Crippen molar-refractivity contribution in [1.82, 2.24) is 15.1 Å². The van der Waals surface area contributed by atoms with E-state index in [9.17, 15) is 18.0 Å². The number of rotatable bonds is 4. The fourth-order valence-corrected chi connectivity index (χ4v) is 2.20. The number of nitrogens with one attached hydrogen (secondary N) is 1. The predicted octanol–water partition coefficient (Wildman–Crippen LogP) is 2.95. The minimum absolute atomic E-state index is 0.201. The number of amides is 1. The summed E-state index contributed by atoms with van der Waals surface area (Å²) in [5, 5.41) is 6.72. The highest BCUT2D eigenvalue weighted by Crippen LogP contribution is 2.31. The van der Waals surface area contributed by atoms with Crippen molar-refractivity contribution in [3.8, 4) is 0 Å². The molecular weight excluding hydrogens is 295 g/mol.